The Labute approximate surface area is 109 Å². The summed E-state index contributed by atoms with van der Waals surface area (Å²) in [6.07, 6.45) is 1.17. The summed E-state index contributed by atoms with van der Waals surface area (Å²) in [5, 5.41) is 2.98. The van der Waals surface area contributed by atoms with Gasteiger partial charge in [-0.1, -0.05) is 0 Å². The van der Waals surface area contributed by atoms with E-state index in [4.69, 9.17) is 9.47 Å². The van der Waals surface area contributed by atoms with E-state index in [9.17, 15) is 9.59 Å². The molecule has 0 aromatic rings. The van der Waals surface area contributed by atoms with E-state index < -0.39 is 0 Å². The molecule has 0 fully saturated rings. The first-order valence-corrected chi connectivity index (χ1v) is 6.22. The Bertz CT molecular complexity index is 246. The van der Waals surface area contributed by atoms with Crippen molar-refractivity contribution < 1.29 is 19.1 Å². The van der Waals surface area contributed by atoms with Crippen LogP contribution in [-0.2, 0) is 19.1 Å². The van der Waals surface area contributed by atoms with Crippen LogP contribution in [0.25, 0.3) is 0 Å². The number of hydrogen-bond acceptors (Lipinski definition) is 5. The van der Waals surface area contributed by atoms with Gasteiger partial charge in [-0.15, -0.1) is 0 Å². The average Bonchev–Trinajstić information content (AvgIpc) is 2.34. The van der Waals surface area contributed by atoms with Crippen LogP contribution in [0.5, 0.6) is 0 Å². The van der Waals surface area contributed by atoms with E-state index in [1.165, 1.54) is 4.90 Å². The standard InChI is InChI=1S/C12H24N2O4/c1-4-18-12(16)10-14(8-9-17-3)11(15)6-5-7-13-2/h13H,4-10H2,1-3H3. The number of nitrogens with zero attached hydrogens (tertiary/aromatic N) is 1. The topological polar surface area (TPSA) is 67.9 Å². The molecule has 18 heavy (non-hydrogen) atoms. The van der Waals surface area contributed by atoms with Crippen LogP contribution in [0.3, 0.4) is 0 Å². The highest BCUT2D eigenvalue weighted by atomic mass is 16.5. The van der Waals surface area contributed by atoms with Gasteiger partial charge in [-0.05, 0) is 26.9 Å². The second-order valence-corrected chi connectivity index (χ2v) is 3.82. The first-order valence-electron chi connectivity index (χ1n) is 6.22. The molecule has 6 heteroatoms. The molecule has 0 unspecified atom stereocenters. The quantitative estimate of drug-likeness (QED) is 0.443. The summed E-state index contributed by atoms with van der Waals surface area (Å²) in [7, 11) is 3.40. The van der Waals surface area contributed by atoms with Crippen molar-refractivity contribution in [1.82, 2.24) is 10.2 Å². The van der Waals surface area contributed by atoms with Crippen LogP contribution in [0.15, 0.2) is 0 Å². The van der Waals surface area contributed by atoms with Gasteiger partial charge in [0.25, 0.3) is 0 Å². The fourth-order valence-electron chi connectivity index (χ4n) is 1.43. The highest BCUT2D eigenvalue weighted by molar-refractivity contribution is 5.82. The lowest BCUT2D eigenvalue weighted by Crippen LogP contribution is -2.38. The van der Waals surface area contributed by atoms with Gasteiger partial charge in [0, 0.05) is 20.1 Å². The Hall–Kier alpha value is -1.14. The Balaban J connectivity index is 4.18. The maximum absolute atomic E-state index is 11.9. The molecule has 0 aliphatic heterocycles. The van der Waals surface area contributed by atoms with Crippen molar-refractivity contribution in [2.75, 3.05) is 47.0 Å². The molecule has 0 heterocycles. The van der Waals surface area contributed by atoms with Crippen LogP contribution in [0.1, 0.15) is 19.8 Å². The molecular weight excluding hydrogens is 236 g/mol. The summed E-state index contributed by atoms with van der Waals surface area (Å²) in [5.41, 5.74) is 0. The summed E-state index contributed by atoms with van der Waals surface area (Å²) < 4.78 is 9.77. The molecule has 106 valence electrons. The molecule has 0 aromatic carbocycles. The lowest BCUT2D eigenvalue weighted by molar-refractivity contribution is -0.149. The van der Waals surface area contributed by atoms with Gasteiger partial charge >= 0.3 is 5.97 Å². The highest BCUT2D eigenvalue weighted by Gasteiger charge is 2.17. The Kier molecular flexibility index (Phi) is 10.3. The van der Waals surface area contributed by atoms with E-state index in [0.29, 0.717) is 26.2 Å². The number of hydrogen-bond donors (Lipinski definition) is 1. The van der Waals surface area contributed by atoms with Crippen molar-refractivity contribution >= 4 is 11.9 Å². The molecular formula is C12H24N2O4. The first-order chi connectivity index (χ1) is 8.65. The maximum Gasteiger partial charge on any atom is 0.325 e. The van der Waals surface area contributed by atoms with Crippen LogP contribution in [0.4, 0.5) is 0 Å². The van der Waals surface area contributed by atoms with Crippen LogP contribution in [-0.4, -0.2) is 63.8 Å². The van der Waals surface area contributed by atoms with Crippen LogP contribution >= 0.6 is 0 Å². The van der Waals surface area contributed by atoms with Crippen LogP contribution in [0, 0.1) is 0 Å². The molecule has 0 aliphatic carbocycles. The number of ether oxygens (including phenoxy) is 2. The first kappa shape index (κ1) is 16.9. The fourth-order valence-corrected chi connectivity index (χ4v) is 1.43. The van der Waals surface area contributed by atoms with Gasteiger partial charge in [0.15, 0.2) is 0 Å². The Morgan fingerprint density at radius 3 is 2.61 bits per heavy atom. The average molecular weight is 260 g/mol. The minimum atomic E-state index is -0.379. The molecule has 6 nitrogen and oxygen atoms in total. The van der Waals surface area contributed by atoms with Gasteiger partial charge in [0.1, 0.15) is 6.54 Å². The smallest absolute Gasteiger partial charge is 0.325 e. The number of carbonyl (C=O) groups excluding carboxylic acids is 2. The van der Waals surface area contributed by atoms with Crippen LogP contribution in [0.2, 0.25) is 0 Å². The molecule has 0 spiro atoms. The fraction of sp³-hybridized carbons (Fsp3) is 0.833. The maximum atomic E-state index is 11.9. The van der Waals surface area contributed by atoms with Crippen molar-refractivity contribution in [2.24, 2.45) is 0 Å². The molecule has 0 aliphatic rings. The normalized spacial score (nSPS) is 10.2. The van der Waals surface area contributed by atoms with Gasteiger partial charge in [0.2, 0.25) is 5.91 Å². The minimum absolute atomic E-state index is 0.00438. The van der Waals surface area contributed by atoms with E-state index in [0.717, 1.165) is 13.0 Å². The molecule has 0 atom stereocenters. The Morgan fingerprint density at radius 1 is 1.33 bits per heavy atom. The third-order valence-electron chi connectivity index (χ3n) is 2.36. The summed E-state index contributed by atoms with van der Waals surface area (Å²) >= 11 is 0. The van der Waals surface area contributed by atoms with E-state index >= 15 is 0 Å². The molecule has 0 radical (unpaired) electrons. The number of methoxy groups -OCH3 is 1. The van der Waals surface area contributed by atoms with Gasteiger partial charge < -0.3 is 19.7 Å². The zero-order valence-corrected chi connectivity index (χ0v) is 11.5. The molecule has 0 saturated carbocycles. The summed E-state index contributed by atoms with van der Waals surface area (Å²) in [6.45, 7) is 3.67. The second kappa shape index (κ2) is 11.0. The number of rotatable bonds is 10. The number of amides is 1. The van der Waals surface area contributed by atoms with E-state index in [-0.39, 0.29) is 18.4 Å². The highest BCUT2D eigenvalue weighted by Crippen LogP contribution is 1.99. The third-order valence-corrected chi connectivity index (χ3v) is 2.36. The molecule has 0 saturated heterocycles. The predicted octanol–water partition coefficient (Wildman–Crippen LogP) is 0.0241. The number of esters is 1. The number of carbonyl (C=O) groups is 2. The molecule has 1 amide bonds. The molecule has 0 rings (SSSR count). The summed E-state index contributed by atoms with van der Waals surface area (Å²) in [5.74, 6) is -0.425. The van der Waals surface area contributed by atoms with Gasteiger partial charge in [-0.2, -0.15) is 0 Å². The van der Waals surface area contributed by atoms with Crippen molar-refractivity contribution in [1.29, 1.82) is 0 Å². The molecule has 1 N–H and O–H groups in total. The zero-order chi connectivity index (χ0) is 13.8. The monoisotopic (exact) mass is 260 g/mol. The van der Waals surface area contributed by atoms with Gasteiger partial charge in [0.05, 0.1) is 13.2 Å². The second-order valence-electron chi connectivity index (χ2n) is 3.82. The van der Waals surface area contributed by atoms with Gasteiger partial charge in [-0.3, -0.25) is 9.59 Å². The zero-order valence-electron chi connectivity index (χ0n) is 11.5. The van der Waals surface area contributed by atoms with Crippen molar-refractivity contribution in [2.45, 2.75) is 19.8 Å². The summed E-state index contributed by atoms with van der Waals surface area (Å²) in [4.78, 5) is 24.8. The summed E-state index contributed by atoms with van der Waals surface area (Å²) in [6, 6.07) is 0. The third kappa shape index (κ3) is 8.03. The lowest BCUT2D eigenvalue weighted by atomic mass is 10.2. The molecule has 0 bridgehead atoms. The van der Waals surface area contributed by atoms with E-state index in [1.54, 1.807) is 14.0 Å². The number of nitrogens with one attached hydrogen (secondary N) is 1. The van der Waals surface area contributed by atoms with Gasteiger partial charge in [-0.25, -0.2) is 0 Å². The Morgan fingerprint density at radius 2 is 2.06 bits per heavy atom. The van der Waals surface area contributed by atoms with E-state index in [2.05, 4.69) is 5.32 Å². The predicted molar refractivity (Wildman–Crippen MR) is 68.2 cm³/mol. The van der Waals surface area contributed by atoms with E-state index in [1.807, 2.05) is 7.05 Å². The van der Waals surface area contributed by atoms with Crippen molar-refractivity contribution in [3.63, 3.8) is 0 Å². The van der Waals surface area contributed by atoms with Crippen molar-refractivity contribution in [3.05, 3.63) is 0 Å². The SMILES string of the molecule is CCOC(=O)CN(CCOC)C(=O)CCCNC. The minimum Gasteiger partial charge on any atom is -0.465 e. The van der Waals surface area contributed by atoms with Crippen molar-refractivity contribution in [3.8, 4) is 0 Å². The van der Waals surface area contributed by atoms with Crippen LogP contribution < -0.4 is 5.32 Å². The lowest BCUT2D eigenvalue weighted by Gasteiger charge is -2.21. The molecule has 0 aromatic heterocycles. The largest absolute Gasteiger partial charge is 0.465 e.